The van der Waals surface area contributed by atoms with E-state index >= 15 is 0 Å². The Balaban J connectivity index is 2.35. The van der Waals surface area contributed by atoms with E-state index in [9.17, 15) is 9.59 Å². The van der Waals surface area contributed by atoms with Gasteiger partial charge in [0.15, 0.2) is 15.2 Å². The van der Waals surface area contributed by atoms with E-state index in [0.717, 1.165) is 11.3 Å². The average molecular weight is 322 g/mol. The van der Waals surface area contributed by atoms with Crippen LogP contribution in [-0.4, -0.2) is 50.8 Å². The van der Waals surface area contributed by atoms with Crippen molar-refractivity contribution in [2.24, 2.45) is 0 Å². The lowest BCUT2D eigenvalue weighted by molar-refractivity contribution is -0.121. The third-order valence-corrected chi connectivity index (χ3v) is 3.59. The third-order valence-electron chi connectivity index (χ3n) is 2.21. The summed E-state index contributed by atoms with van der Waals surface area (Å²) in [5.74, 6) is -0.622. The number of rotatable bonds is 8. The van der Waals surface area contributed by atoms with E-state index in [1.165, 1.54) is 7.11 Å². The lowest BCUT2D eigenvalue weighted by atomic mass is 10.4. The SMILES string of the molecule is COCCNC(=O)CCNc1nc(Cl)c(C(=O)OC)s1. The second-order valence-electron chi connectivity index (χ2n) is 3.65. The van der Waals surface area contributed by atoms with Gasteiger partial charge in [0.2, 0.25) is 5.91 Å². The predicted molar refractivity (Wildman–Crippen MR) is 76.5 cm³/mol. The molecule has 0 fully saturated rings. The first kappa shape index (κ1) is 16.7. The first-order valence-electron chi connectivity index (χ1n) is 5.82. The van der Waals surface area contributed by atoms with Gasteiger partial charge in [-0.05, 0) is 0 Å². The van der Waals surface area contributed by atoms with E-state index in [4.69, 9.17) is 16.3 Å². The first-order chi connectivity index (χ1) is 9.58. The highest BCUT2D eigenvalue weighted by molar-refractivity contribution is 7.18. The van der Waals surface area contributed by atoms with Crippen molar-refractivity contribution in [1.82, 2.24) is 10.3 Å². The number of aromatic nitrogens is 1. The minimum absolute atomic E-state index is 0.0916. The minimum Gasteiger partial charge on any atom is -0.465 e. The highest BCUT2D eigenvalue weighted by atomic mass is 35.5. The van der Waals surface area contributed by atoms with Crippen molar-refractivity contribution < 1.29 is 19.1 Å². The molecule has 0 saturated heterocycles. The standard InChI is InChI=1S/C11H16ClN3O4S/c1-18-6-5-13-7(16)3-4-14-11-15-9(12)8(20-11)10(17)19-2/h3-6H2,1-2H3,(H,13,16)(H,14,15). The quantitative estimate of drug-likeness (QED) is 0.551. The molecule has 0 spiro atoms. The molecule has 1 heterocycles. The second-order valence-corrected chi connectivity index (χ2v) is 5.01. The van der Waals surface area contributed by atoms with Gasteiger partial charge in [0.25, 0.3) is 0 Å². The van der Waals surface area contributed by atoms with Gasteiger partial charge in [0.05, 0.1) is 13.7 Å². The third kappa shape index (κ3) is 5.32. The monoisotopic (exact) mass is 321 g/mol. The van der Waals surface area contributed by atoms with Crippen LogP contribution in [-0.2, 0) is 14.3 Å². The molecule has 0 bridgehead atoms. The molecular formula is C11H16ClN3O4S. The minimum atomic E-state index is -0.530. The van der Waals surface area contributed by atoms with Crippen LogP contribution in [0.25, 0.3) is 0 Å². The molecule has 1 rings (SSSR count). The highest BCUT2D eigenvalue weighted by Gasteiger charge is 2.17. The Kier molecular flexibility index (Phi) is 7.27. The molecule has 0 aliphatic heterocycles. The lowest BCUT2D eigenvalue weighted by Gasteiger charge is -2.04. The number of nitrogens with zero attached hydrogens (tertiary/aromatic N) is 1. The van der Waals surface area contributed by atoms with Crippen LogP contribution in [0.2, 0.25) is 5.15 Å². The van der Waals surface area contributed by atoms with Crippen molar-refractivity contribution in [3.8, 4) is 0 Å². The van der Waals surface area contributed by atoms with Gasteiger partial charge in [-0.25, -0.2) is 9.78 Å². The van der Waals surface area contributed by atoms with Crippen LogP contribution in [0, 0.1) is 0 Å². The number of carbonyl (C=O) groups excluding carboxylic acids is 2. The zero-order valence-corrected chi connectivity index (χ0v) is 12.8. The Morgan fingerprint density at radius 2 is 2.10 bits per heavy atom. The normalized spacial score (nSPS) is 10.2. The maximum absolute atomic E-state index is 11.4. The van der Waals surface area contributed by atoms with Crippen LogP contribution in [0.3, 0.4) is 0 Å². The number of amides is 1. The summed E-state index contributed by atoms with van der Waals surface area (Å²) in [6.07, 6.45) is 0.286. The number of methoxy groups -OCH3 is 2. The molecule has 0 radical (unpaired) electrons. The molecule has 0 aliphatic carbocycles. The van der Waals surface area contributed by atoms with E-state index in [1.54, 1.807) is 7.11 Å². The lowest BCUT2D eigenvalue weighted by Crippen LogP contribution is -2.28. The summed E-state index contributed by atoms with van der Waals surface area (Å²) in [7, 11) is 2.84. The maximum Gasteiger partial charge on any atom is 0.351 e. The molecule has 1 amide bonds. The molecule has 0 atom stereocenters. The van der Waals surface area contributed by atoms with Crippen LogP contribution in [0.5, 0.6) is 0 Å². The number of esters is 1. The Morgan fingerprint density at radius 1 is 1.35 bits per heavy atom. The van der Waals surface area contributed by atoms with Crippen molar-refractivity contribution in [3.05, 3.63) is 10.0 Å². The topological polar surface area (TPSA) is 89.5 Å². The van der Waals surface area contributed by atoms with Gasteiger partial charge < -0.3 is 20.1 Å². The molecule has 0 saturated carbocycles. The van der Waals surface area contributed by atoms with Gasteiger partial charge in [-0.1, -0.05) is 22.9 Å². The number of ether oxygens (including phenoxy) is 2. The smallest absolute Gasteiger partial charge is 0.351 e. The zero-order chi connectivity index (χ0) is 15.0. The van der Waals surface area contributed by atoms with Crippen LogP contribution >= 0.6 is 22.9 Å². The summed E-state index contributed by atoms with van der Waals surface area (Å²) in [5, 5.41) is 6.19. The largest absolute Gasteiger partial charge is 0.465 e. The summed E-state index contributed by atoms with van der Waals surface area (Å²) < 4.78 is 9.39. The molecule has 20 heavy (non-hydrogen) atoms. The van der Waals surface area contributed by atoms with Crippen molar-refractivity contribution in [1.29, 1.82) is 0 Å². The Morgan fingerprint density at radius 3 is 2.75 bits per heavy atom. The van der Waals surface area contributed by atoms with Crippen LogP contribution in [0.4, 0.5) is 5.13 Å². The molecule has 1 aromatic rings. The molecule has 7 nitrogen and oxygen atoms in total. The zero-order valence-electron chi connectivity index (χ0n) is 11.2. The molecular weight excluding hydrogens is 306 g/mol. The van der Waals surface area contributed by atoms with Gasteiger partial charge in [-0.2, -0.15) is 0 Å². The number of nitrogens with one attached hydrogen (secondary N) is 2. The van der Waals surface area contributed by atoms with Crippen molar-refractivity contribution in [3.63, 3.8) is 0 Å². The number of thiazole rings is 1. The van der Waals surface area contributed by atoms with Gasteiger partial charge in [0, 0.05) is 26.6 Å². The van der Waals surface area contributed by atoms with Crippen LogP contribution in [0.15, 0.2) is 0 Å². The molecule has 0 aliphatic rings. The highest BCUT2D eigenvalue weighted by Crippen LogP contribution is 2.27. The number of hydrogen-bond acceptors (Lipinski definition) is 7. The number of carbonyl (C=O) groups is 2. The van der Waals surface area contributed by atoms with Crippen molar-refractivity contribution in [2.45, 2.75) is 6.42 Å². The Bertz CT molecular complexity index is 467. The fourth-order valence-corrected chi connectivity index (χ4v) is 2.39. The molecule has 112 valence electrons. The number of halogens is 1. The molecule has 1 aromatic heterocycles. The van der Waals surface area contributed by atoms with Crippen LogP contribution < -0.4 is 10.6 Å². The average Bonchev–Trinajstić information content (AvgIpc) is 2.79. The summed E-state index contributed by atoms with van der Waals surface area (Å²) in [6, 6.07) is 0. The van der Waals surface area contributed by atoms with E-state index in [-0.39, 0.29) is 22.4 Å². The van der Waals surface area contributed by atoms with E-state index in [2.05, 4.69) is 20.4 Å². The molecule has 0 unspecified atom stereocenters. The summed E-state index contributed by atoms with van der Waals surface area (Å²) >= 11 is 6.89. The van der Waals surface area contributed by atoms with E-state index < -0.39 is 5.97 Å². The molecule has 9 heteroatoms. The predicted octanol–water partition coefficient (Wildman–Crippen LogP) is 1.15. The fraction of sp³-hybridized carbons (Fsp3) is 0.545. The molecule has 0 aromatic carbocycles. The maximum atomic E-state index is 11.4. The fourth-order valence-electron chi connectivity index (χ4n) is 1.26. The number of hydrogen-bond donors (Lipinski definition) is 2. The summed E-state index contributed by atoms with van der Waals surface area (Å²) in [5.41, 5.74) is 0. The summed E-state index contributed by atoms with van der Waals surface area (Å²) in [6.45, 7) is 1.35. The van der Waals surface area contributed by atoms with Crippen molar-refractivity contribution in [2.75, 3.05) is 39.2 Å². The van der Waals surface area contributed by atoms with Crippen LogP contribution in [0.1, 0.15) is 16.1 Å². The van der Waals surface area contributed by atoms with Crippen molar-refractivity contribution >= 4 is 39.9 Å². The van der Waals surface area contributed by atoms with E-state index in [0.29, 0.717) is 24.8 Å². The molecule has 2 N–H and O–H groups in total. The summed E-state index contributed by atoms with van der Waals surface area (Å²) in [4.78, 5) is 27.0. The first-order valence-corrected chi connectivity index (χ1v) is 7.02. The Labute approximate surface area is 125 Å². The van der Waals surface area contributed by atoms with Gasteiger partial charge >= 0.3 is 5.97 Å². The number of anilines is 1. The second kappa shape index (κ2) is 8.72. The van der Waals surface area contributed by atoms with Gasteiger partial charge in [0.1, 0.15) is 0 Å². The van der Waals surface area contributed by atoms with E-state index in [1.807, 2.05) is 0 Å². The Hall–Kier alpha value is -1.38. The van der Waals surface area contributed by atoms with Gasteiger partial charge in [-0.3, -0.25) is 4.79 Å². The van der Waals surface area contributed by atoms with Gasteiger partial charge in [-0.15, -0.1) is 0 Å².